The number of carbonyl (C=O) groups is 1. The van der Waals surface area contributed by atoms with E-state index in [1.54, 1.807) is 66.7 Å². The molecule has 0 aliphatic rings. The normalized spacial score (nSPS) is 11.4. The smallest absolute Gasteiger partial charge is 0.338 e. The summed E-state index contributed by atoms with van der Waals surface area (Å²) in [5.74, 6) is -0.518. The topological polar surface area (TPSA) is 65.4 Å². The molecule has 174 valence electrons. The molecule has 0 N–H and O–H groups in total. The molecule has 0 unspecified atom stereocenters. The highest BCUT2D eigenvalue weighted by Gasteiger charge is 2.28. The SMILES string of the molecule is O=C(OCc1c(Sc2ccccc2)c2ccccc2n1S(=O)(=O)c1ccccc1)c1ccccc1. The number of nitrogens with zero attached hydrogens (tertiary/aromatic N) is 1. The van der Waals surface area contributed by atoms with Crippen molar-refractivity contribution in [3.8, 4) is 0 Å². The fourth-order valence-corrected chi connectivity index (χ4v) is 6.55. The van der Waals surface area contributed by atoms with Gasteiger partial charge in [-0.1, -0.05) is 84.6 Å². The summed E-state index contributed by atoms with van der Waals surface area (Å²) in [6.45, 7) is -0.205. The predicted octanol–water partition coefficient (Wildman–Crippen LogP) is 6.39. The van der Waals surface area contributed by atoms with Gasteiger partial charge in [0.1, 0.15) is 6.61 Å². The summed E-state index contributed by atoms with van der Waals surface area (Å²) in [4.78, 5) is 14.6. The van der Waals surface area contributed by atoms with E-state index in [0.29, 0.717) is 16.8 Å². The van der Waals surface area contributed by atoms with Crippen LogP contribution in [0.4, 0.5) is 0 Å². The molecule has 5 aromatic rings. The van der Waals surface area contributed by atoms with E-state index < -0.39 is 16.0 Å². The van der Waals surface area contributed by atoms with Crippen LogP contribution in [0.15, 0.2) is 130 Å². The zero-order chi connectivity index (χ0) is 24.3. The van der Waals surface area contributed by atoms with E-state index in [1.807, 2.05) is 48.5 Å². The van der Waals surface area contributed by atoms with Gasteiger partial charge in [-0.05, 0) is 42.5 Å². The number of esters is 1. The molecule has 1 aromatic heterocycles. The van der Waals surface area contributed by atoms with Gasteiger partial charge in [0, 0.05) is 15.2 Å². The first kappa shape index (κ1) is 23.0. The van der Waals surface area contributed by atoms with Crippen LogP contribution in [-0.4, -0.2) is 18.4 Å². The van der Waals surface area contributed by atoms with Crippen molar-refractivity contribution in [2.24, 2.45) is 0 Å². The van der Waals surface area contributed by atoms with Gasteiger partial charge in [-0.15, -0.1) is 0 Å². The van der Waals surface area contributed by atoms with Crippen molar-refractivity contribution >= 4 is 38.7 Å². The lowest BCUT2D eigenvalue weighted by molar-refractivity contribution is 0.0464. The molecular formula is C28H21NO4S2. The number of benzene rings is 4. The molecule has 0 radical (unpaired) electrons. The second kappa shape index (κ2) is 9.82. The van der Waals surface area contributed by atoms with Crippen molar-refractivity contribution in [2.75, 3.05) is 0 Å². The fourth-order valence-electron chi connectivity index (χ4n) is 3.84. The third kappa shape index (κ3) is 4.60. The number of rotatable bonds is 7. The van der Waals surface area contributed by atoms with E-state index in [9.17, 15) is 13.2 Å². The molecule has 5 nitrogen and oxygen atoms in total. The molecule has 0 aliphatic heterocycles. The van der Waals surface area contributed by atoms with E-state index in [0.717, 1.165) is 15.2 Å². The van der Waals surface area contributed by atoms with Crippen LogP contribution in [0.3, 0.4) is 0 Å². The van der Waals surface area contributed by atoms with E-state index in [1.165, 1.54) is 15.7 Å². The molecule has 0 bridgehead atoms. The van der Waals surface area contributed by atoms with Gasteiger partial charge in [0.15, 0.2) is 0 Å². The quantitative estimate of drug-likeness (QED) is 0.243. The Morgan fingerprint density at radius 2 is 1.31 bits per heavy atom. The van der Waals surface area contributed by atoms with Crippen molar-refractivity contribution in [1.82, 2.24) is 3.97 Å². The number of para-hydroxylation sites is 1. The molecule has 0 atom stereocenters. The number of hydrogen-bond donors (Lipinski definition) is 0. The Kier molecular flexibility index (Phi) is 6.44. The molecule has 1 heterocycles. The molecule has 0 amide bonds. The van der Waals surface area contributed by atoms with Gasteiger partial charge in [0.05, 0.1) is 21.7 Å². The Balaban J connectivity index is 1.68. The standard InChI is InChI=1S/C28H21NO4S2/c30-28(21-12-4-1-5-13-21)33-20-26-27(34-22-14-6-2-7-15-22)24-18-10-11-19-25(24)29(26)35(31,32)23-16-8-3-9-17-23/h1-19H,20H2. The maximum absolute atomic E-state index is 13.9. The van der Waals surface area contributed by atoms with Crippen LogP contribution in [0.5, 0.6) is 0 Å². The van der Waals surface area contributed by atoms with Crippen LogP contribution in [0.2, 0.25) is 0 Å². The van der Waals surface area contributed by atoms with Crippen molar-refractivity contribution in [2.45, 2.75) is 21.3 Å². The molecule has 4 aromatic carbocycles. The van der Waals surface area contributed by atoms with Gasteiger partial charge in [-0.3, -0.25) is 0 Å². The number of fused-ring (bicyclic) bond motifs is 1. The van der Waals surface area contributed by atoms with Crippen LogP contribution in [-0.2, 0) is 21.4 Å². The highest BCUT2D eigenvalue weighted by molar-refractivity contribution is 7.99. The first-order chi connectivity index (χ1) is 17.1. The summed E-state index contributed by atoms with van der Waals surface area (Å²) in [5, 5.41) is 0.770. The monoisotopic (exact) mass is 499 g/mol. The van der Waals surface area contributed by atoms with Gasteiger partial charge >= 0.3 is 5.97 Å². The maximum Gasteiger partial charge on any atom is 0.338 e. The summed E-state index contributed by atoms with van der Waals surface area (Å²) >= 11 is 1.45. The lowest BCUT2D eigenvalue weighted by atomic mass is 10.2. The van der Waals surface area contributed by atoms with Crippen LogP contribution >= 0.6 is 11.8 Å². The molecule has 35 heavy (non-hydrogen) atoms. The number of ether oxygens (including phenoxy) is 1. The minimum atomic E-state index is -3.97. The van der Waals surface area contributed by atoms with Gasteiger partial charge in [0.2, 0.25) is 0 Å². The zero-order valence-corrected chi connectivity index (χ0v) is 20.2. The highest BCUT2D eigenvalue weighted by atomic mass is 32.2. The second-order valence-corrected chi connectivity index (χ2v) is 10.6. The maximum atomic E-state index is 13.9. The zero-order valence-electron chi connectivity index (χ0n) is 18.6. The fraction of sp³-hybridized carbons (Fsp3) is 0.0357. The Labute approximate surface area is 208 Å². The molecule has 5 rings (SSSR count). The van der Waals surface area contributed by atoms with Gasteiger partial charge in [0.25, 0.3) is 10.0 Å². The molecule has 0 spiro atoms. The van der Waals surface area contributed by atoms with Crippen molar-refractivity contribution in [3.05, 3.63) is 127 Å². The van der Waals surface area contributed by atoms with Crippen LogP contribution in [0, 0.1) is 0 Å². The first-order valence-corrected chi connectivity index (χ1v) is 13.2. The third-order valence-corrected chi connectivity index (χ3v) is 8.40. The summed E-state index contributed by atoms with van der Waals surface area (Å²) in [6, 6.07) is 34.0. The van der Waals surface area contributed by atoms with Gasteiger partial charge < -0.3 is 4.74 Å². The highest BCUT2D eigenvalue weighted by Crippen LogP contribution is 2.40. The van der Waals surface area contributed by atoms with E-state index >= 15 is 0 Å². The minimum absolute atomic E-state index is 0.160. The number of carbonyl (C=O) groups excluding carboxylic acids is 1. The average Bonchev–Trinajstić information content (AvgIpc) is 3.22. The van der Waals surface area contributed by atoms with Crippen LogP contribution in [0.1, 0.15) is 16.1 Å². The number of hydrogen-bond acceptors (Lipinski definition) is 5. The lowest BCUT2D eigenvalue weighted by Crippen LogP contribution is -2.17. The Morgan fingerprint density at radius 1 is 0.743 bits per heavy atom. The molecule has 0 fully saturated rings. The molecule has 7 heteroatoms. The predicted molar refractivity (Wildman–Crippen MR) is 137 cm³/mol. The Hall–Kier alpha value is -3.81. The van der Waals surface area contributed by atoms with Gasteiger partial charge in [-0.25, -0.2) is 17.2 Å². The van der Waals surface area contributed by atoms with E-state index in [4.69, 9.17) is 4.74 Å². The van der Waals surface area contributed by atoms with Gasteiger partial charge in [-0.2, -0.15) is 0 Å². The molecule has 0 saturated heterocycles. The summed E-state index contributed by atoms with van der Waals surface area (Å²) in [7, 11) is -3.97. The van der Waals surface area contributed by atoms with E-state index in [-0.39, 0.29) is 11.5 Å². The molecular weight excluding hydrogens is 478 g/mol. The second-order valence-electron chi connectivity index (χ2n) is 7.73. The average molecular weight is 500 g/mol. The summed E-state index contributed by atoms with van der Waals surface area (Å²) < 4.78 is 34.7. The Bertz CT molecular complexity index is 1580. The van der Waals surface area contributed by atoms with Crippen LogP contribution < -0.4 is 0 Å². The van der Waals surface area contributed by atoms with E-state index in [2.05, 4.69) is 0 Å². The third-order valence-electron chi connectivity index (χ3n) is 5.47. The van der Waals surface area contributed by atoms with Crippen molar-refractivity contribution < 1.29 is 17.9 Å². The number of aromatic nitrogens is 1. The molecule has 0 saturated carbocycles. The first-order valence-electron chi connectivity index (χ1n) is 10.9. The summed E-state index contributed by atoms with van der Waals surface area (Å²) in [6.07, 6.45) is 0. The Morgan fingerprint density at radius 3 is 2.00 bits per heavy atom. The van der Waals surface area contributed by atoms with Crippen molar-refractivity contribution in [1.29, 1.82) is 0 Å². The van der Waals surface area contributed by atoms with Crippen molar-refractivity contribution in [3.63, 3.8) is 0 Å². The lowest BCUT2D eigenvalue weighted by Gasteiger charge is -2.14. The van der Waals surface area contributed by atoms with Crippen LogP contribution in [0.25, 0.3) is 10.9 Å². The minimum Gasteiger partial charge on any atom is -0.456 e. The summed E-state index contributed by atoms with van der Waals surface area (Å²) in [5.41, 5.74) is 1.33. The molecule has 0 aliphatic carbocycles. The largest absolute Gasteiger partial charge is 0.456 e.